The fourth-order valence-electron chi connectivity index (χ4n) is 5.53. The van der Waals surface area contributed by atoms with Crippen LogP contribution in [0.2, 0.25) is 0 Å². The van der Waals surface area contributed by atoms with Crippen LogP contribution in [0.4, 0.5) is 0 Å². The number of carbonyl (C=O) groups is 2. The summed E-state index contributed by atoms with van der Waals surface area (Å²) >= 11 is 0. The molecule has 0 saturated heterocycles. The highest BCUT2D eigenvalue weighted by Gasteiger charge is 2.22. The van der Waals surface area contributed by atoms with E-state index in [1.807, 2.05) is 6.08 Å². The van der Waals surface area contributed by atoms with Crippen LogP contribution in [0, 0.1) is 0 Å². The van der Waals surface area contributed by atoms with Crippen molar-refractivity contribution in [2.75, 3.05) is 13.2 Å². The molecule has 0 aliphatic carbocycles. The Labute approximate surface area is 317 Å². The van der Waals surface area contributed by atoms with E-state index in [2.05, 4.69) is 73.1 Å². The molecular formula is C43H75O8P. The normalized spacial score (nSPS) is 13.1. The topological polar surface area (TPSA) is 119 Å². The lowest BCUT2D eigenvalue weighted by atomic mass is 10.0. The molecule has 1 atom stereocenters. The van der Waals surface area contributed by atoms with Crippen LogP contribution >= 0.6 is 7.82 Å². The maximum Gasteiger partial charge on any atom is 0.469 e. The third-order valence-electron chi connectivity index (χ3n) is 8.55. The van der Waals surface area contributed by atoms with E-state index in [9.17, 15) is 14.2 Å². The first-order valence-electron chi connectivity index (χ1n) is 20.6. The second kappa shape index (κ2) is 38.5. The molecule has 0 aromatic rings. The minimum Gasteiger partial charge on any atom is -0.462 e. The number of carbonyl (C=O) groups excluding carboxylic acids is 2. The Morgan fingerprint density at radius 3 is 1.37 bits per heavy atom. The van der Waals surface area contributed by atoms with Crippen LogP contribution in [0.15, 0.2) is 60.8 Å². The number of unbranched alkanes of at least 4 members (excludes halogenated alkanes) is 17. The van der Waals surface area contributed by atoms with E-state index in [0.29, 0.717) is 12.8 Å². The van der Waals surface area contributed by atoms with Crippen LogP contribution in [0.25, 0.3) is 0 Å². The van der Waals surface area contributed by atoms with Gasteiger partial charge in [0, 0.05) is 12.8 Å². The van der Waals surface area contributed by atoms with Crippen LogP contribution in [0.5, 0.6) is 0 Å². The van der Waals surface area contributed by atoms with Crippen LogP contribution in [0.3, 0.4) is 0 Å². The van der Waals surface area contributed by atoms with Crippen molar-refractivity contribution in [2.24, 2.45) is 0 Å². The molecule has 0 radical (unpaired) electrons. The summed E-state index contributed by atoms with van der Waals surface area (Å²) in [6.45, 7) is 3.53. The molecule has 0 heterocycles. The Morgan fingerprint density at radius 1 is 0.519 bits per heavy atom. The van der Waals surface area contributed by atoms with Crippen LogP contribution in [-0.2, 0) is 28.2 Å². The van der Waals surface area contributed by atoms with E-state index in [1.54, 1.807) is 0 Å². The molecule has 0 rings (SSSR count). The molecule has 0 spiro atoms. The van der Waals surface area contributed by atoms with Gasteiger partial charge in [-0.2, -0.15) is 0 Å². The molecule has 9 heteroatoms. The molecule has 0 fully saturated rings. The van der Waals surface area contributed by atoms with Crippen molar-refractivity contribution in [1.29, 1.82) is 0 Å². The van der Waals surface area contributed by atoms with Gasteiger partial charge in [-0.3, -0.25) is 14.1 Å². The van der Waals surface area contributed by atoms with Gasteiger partial charge in [-0.25, -0.2) is 4.57 Å². The summed E-state index contributed by atoms with van der Waals surface area (Å²) in [5, 5.41) is 0. The Hall–Kier alpha value is -2.25. The Bertz CT molecular complexity index is 1030. The number of allylic oxidation sites excluding steroid dienone is 10. The molecule has 300 valence electrons. The first-order valence-corrected chi connectivity index (χ1v) is 22.1. The van der Waals surface area contributed by atoms with E-state index in [1.165, 1.54) is 83.5 Å². The zero-order valence-corrected chi connectivity index (χ0v) is 33.8. The Kier molecular flexibility index (Phi) is 36.8. The van der Waals surface area contributed by atoms with Crippen molar-refractivity contribution in [3.05, 3.63) is 60.8 Å². The molecule has 0 aliphatic heterocycles. The highest BCUT2D eigenvalue weighted by Crippen LogP contribution is 2.36. The highest BCUT2D eigenvalue weighted by atomic mass is 31.2. The minimum atomic E-state index is -4.77. The van der Waals surface area contributed by atoms with E-state index < -0.39 is 32.5 Å². The maximum absolute atomic E-state index is 12.4. The average Bonchev–Trinajstić information content (AvgIpc) is 3.11. The molecule has 0 amide bonds. The van der Waals surface area contributed by atoms with Gasteiger partial charge in [-0.05, 0) is 51.4 Å². The van der Waals surface area contributed by atoms with E-state index in [-0.39, 0.29) is 19.4 Å². The van der Waals surface area contributed by atoms with Gasteiger partial charge in [0.15, 0.2) is 6.10 Å². The van der Waals surface area contributed by atoms with Gasteiger partial charge >= 0.3 is 19.8 Å². The van der Waals surface area contributed by atoms with Crippen LogP contribution in [0.1, 0.15) is 181 Å². The number of phosphoric acid groups is 1. The first-order chi connectivity index (χ1) is 25.3. The van der Waals surface area contributed by atoms with E-state index >= 15 is 0 Å². The lowest BCUT2D eigenvalue weighted by Gasteiger charge is -2.18. The van der Waals surface area contributed by atoms with Crippen molar-refractivity contribution in [3.63, 3.8) is 0 Å². The molecule has 0 saturated carbocycles. The van der Waals surface area contributed by atoms with Crippen LogP contribution in [-0.4, -0.2) is 41.0 Å². The van der Waals surface area contributed by atoms with Gasteiger partial charge < -0.3 is 19.3 Å². The summed E-state index contributed by atoms with van der Waals surface area (Å²) in [6, 6.07) is 0. The SMILES string of the molecule is CC/C=C/C/C=C/C/C=C/C/C=C/C/C=C/CCCC(=O)OC[C@H](COP(=O)(O)O)OC(=O)CCCCCCCCCCCCCCCCCCC. The fraction of sp³-hybridized carbons (Fsp3) is 0.721. The molecule has 0 unspecified atom stereocenters. The van der Waals surface area contributed by atoms with Gasteiger partial charge in [0.2, 0.25) is 0 Å². The zero-order chi connectivity index (χ0) is 38.2. The van der Waals surface area contributed by atoms with Crippen LogP contribution < -0.4 is 0 Å². The summed E-state index contributed by atoms with van der Waals surface area (Å²) in [4.78, 5) is 42.8. The molecule has 0 bridgehead atoms. The summed E-state index contributed by atoms with van der Waals surface area (Å²) < 4.78 is 26.3. The molecule has 0 aromatic heterocycles. The largest absolute Gasteiger partial charge is 0.469 e. The second-order valence-electron chi connectivity index (χ2n) is 13.6. The molecular weight excluding hydrogens is 675 g/mol. The van der Waals surface area contributed by atoms with Crippen molar-refractivity contribution < 1.29 is 37.9 Å². The third-order valence-corrected chi connectivity index (χ3v) is 9.04. The molecule has 0 aliphatic rings. The van der Waals surface area contributed by atoms with Gasteiger partial charge in [0.05, 0.1) is 6.61 Å². The molecule has 52 heavy (non-hydrogen) atoms. The number of hydrogen-bond acceptors (Lipinski definition) is 6. The van der Waals surface area contributed by atoms with Crippen molar-refractivity contribution in [1.82, 2.24) is 0 Å². The number of esters is 2. The number of ether oxygens (including phenoxy) is 2. The maximum atomic E-state index is 12.4. The second-order valence-corrected chi connectivity index (χ2v) is 14.8. The summed E-state index contributed by atoms with van der Waals surface area (Å²) in [5.74, 6) is -0.951. The number of rotatable bonds is 37. The van der Waals surface area contributed by atoms with Gasteiger partial charge in [-0.1, -0.05) is 177 Å². The fourth-order valence-corrected chi connectivity index (χ4v) is 5.89. The Morgan fingerprint density at radius 2 is 0.923 bits per heavy atom. The highest BCUT2D eigenvalue weighted by molar-refractivity contribution is 7.46. The molecule has 8 nitrogen and oxygen atoms in total. The molecule has 2 N–H and O–H groups in total. The summed E-state index contributed by atoms with van der Waals surface area (Å²) in [6.07, 6.45) is 48.0. The monoisotopic (exact) mass is 751 g/mol. The number of hydrogen-bond donors (Lipinski definition) is 2. The lowest BCUT2D eigenvalue weighted by molar-refractivity contribution is -0.161. The van der Waals surface area contributed by atoms with Crippen molar-refractivity contribution in [2.45, 2.75) is 187 Å². The van der Waals surface area contributed by atoms with Crippen molar-refractivity contribution >= 4 is 19.8 Å². The minimum absolute atomic E-state index is 0.188. The van der Waals surface area contributed by atoms with E-state index in [0.717, 1.165) is 57.8 Å². The molecule has 0 aromatic carbocycles. The average molecular weight is 751 g/mol. The van der Waals surface area contributed by atoms with Gasteiger partial charge in [0.25, 0.3) is 0 Å². The summed E-state index contributed by atoms with van der Waals surface area (Å²) in [5.41, 5.74) is 0. The zero-order valence-electron chi connectivity index (χ0n) is 32.9. The smallest absolute Gasteiger partial charge is 0.462 e. The predicted molar refractivity (Wildman–Crippen MR) is 216 cm³/mol. The quantitative estimate of drug-likeness (QED) is 0.0279. The van der Waals surface area contributed by atoms with Gasteiger partial charge in [-0.15, -0.1) is 0 Å². The lowest BCUT2D eigenvalue weighted by Crippen LogP contribution is -2.29. The van der Waals surface area contributed by atoms with E-state index in [4.69, 9.17) is 19.3 Å². The predicted octanol–water partition coefficient (Wildman–Crippen LogP) is 12.5. The standard InChI is InChI=1S/C43H75O8P/c1-3-5-7-9-11-13-15-17-19-21-23-25-27-29-31-33-35-37-42(44)49-39-41(40-50-52(46,47)48)51-43(45)38-36-34-32-30-28-26-24-22-20-18-16-14-12-10-8-6-4-2/h5,7,11,13,17,19,23,25,29,31,41H,3-4,6,8-10,12,14-16,18,20-22,24,26-28,30,32-40H2,1-2H3,(H2,46,47,48)/b7-5+,13-11+,19-17+,25-23+,31-29+/t41-/m1/s1. The number of phosphoric ester groups is 1. The third kappa shape index (κ3) is 40.5. The Balaban J connectivity index is 4.01. The van der Waals surface area contributed by atoms with Gasteiger partial charge in [0.1, 0.15) is 6.61 Å². The van der Waals surface area contributed by atoms with Crippen molar-refractivity contribution in [3.8, 4) is 0 Å². The first kappa shape index (κ1) is 49.8. The summed E-state index contributed by atoms with van der Waals surface area (Å²) in [7, 11) is -4.77.